The zero-order valence-corrected chi connectivity index (χ0v) is 30.4. The van der Waals surface area contributed by atoms with Gasteiger partial charge in [0.05, 0.1) is 42.2 Å². The maximum atomic E-state index is 14.0. The van der Waals surface area contributed by atoms with Gasteiger partial charge in [0.1, 0.15) is 6.04 Å². The van der Waals surface area contributed by atoms with Crippen molar-refractivity contribution in [3.63, 3.8) is 0 Å². The highest BCUT2D eigenvalue weighted by Crippen LogP contribution is 2.38. The summed E-state index contributed by atoms with van der Waals surface area (Å²) in [6, 6.07) is 11.1. The minimum absolute atomic E-state index is 0.0221. The summed E-state index contributed by atoms with van der Waals surface area (Å²) in [5.41, 5.74) is 1.42. The van der Waals surface area contributed by atoms with Gasteiger partial charge in [-0.05, 0) is 60.6 Å². The molecule has 13 heteroatoms. The maximum Gasteiger partial charge on any atom is 0.514 e. The Hall–Kier alpha value is -5.20. The third kappa shape index (κ3) is 10.2. The van der Waals surface area contributed by atoms with Crippen LogP contribution in [0.5, 0.6) is 34.5 Å². The number of pyridine rings is 1. The predicted molar refractivity (Wildman–Crippen MR) is 187 cm³/mol. The molecule has 3 aromatic rings. The second-order valence-corrected chi connectivity index (χ2v) is 12.4. The molecular formula is C37H49N3O10. The highest BCUT2D eigenvalue weighted by atomic mass is 16.7. The first-order valence-corrected chi connectivity index (χ1v) is 16.3. The molecule has 272 valence electrons. The number of aromatic nitrogens is 1. The molecule has 2 aromatic carbocycles. The SMILES string of the molecule is COc1ccc(C(c2ccc(OC)c(OC)c2)[C@H](C)NC(=O)[C@H](CC(C)C)NC(=O)c2nccc(OC)c2OC(=O)OCC(C)C)cc1OC. The summed E-state index contributed by atoms with van der Waals surface area (Å²) in [6.07, 6.45) is 0.634. The number of nitrogens with zero attached hydrogens (tertiary/aromatic N) is 1. The van der Waals surface area contributed by atoms with E-state index in [4.69, 9.17) is 33.2 Å². The molecule has 0 aliphatic carbocycles. The molecule has 1 heterocycles. The third-order valence-electron chi connectivity index (χ3n) is 7.76. The van der Waals surface area contributed by atoms with Crippen LogP contribution in [0.25, 0.3) is 0 Å². The van der Waals surface area contributed by atoms with E-state index in [0.29, 0.717) is 29.4 Å². The highest BCUT2D eigenvalue weighted by Gasteiger charge is 2.31. The molecule has 50 heavy (non-hydrogen) atoms. The monoisotopic (exact) mass is 695 g/mol. The maximum absolute atomic E-state index is 14.0. The van der Waals surface area contributed by atoms with Crippen LogP contribution in [0.2, 0.25) is 0 Å². The van der Waals surface area contributed by atoms with E-state index in [2.05, 4.69) is 15.6 Å². The van der Waals surface area contributed by atoms with Crippen molar-refractivity contribution < 1.29 is 47.5 Å². The third-order valence-corrected chi connectivity index (χ3v) is 7.76. The Labute approximate surface area is 293 Å². The minimum atomic E-state index is -1.01. The lowest BCUT2D eigenvalue weighted by Crippen LogP contribution is -2.51. The van der Waals surface area contributed by atoms with Crippen LogP contribution < -0.4 is 39.1 Å². The molecule has 0 bridgehead atoms. The van der Waals surface area contributed by atoms with E-state index < -0.39 is 36.0 Å². The van der Waals surface area contributed by atoms with Crippen molar-refractivity contribution in [3.05, 3.63) is 65.5 Å². The van der Waals surface area contributed by atoms with Crippen molar-refractivity contribution in [2.75, 3.05) is 42.2 Å². The number of methoxy groups -OCH3 is 5. The van der Waals surface area contributed by atoms with E-state index in [9.17, 15) is 14.4 Å². The number of ether oxygens (including phenoxy) is 7. The van der Waals surface area contributed by atoms with Crippen molar-refractivity contribution in [2.45, 2.75) is 59.0 Å². The quantitative estimate of drug-likeness (QED) is 0.165. The fourth-order valence-corrected chi connectivity index (χ4v) is 5.40. The number of amides is 2. The van der Waals surface area contributed by atoms with Gasteiger partial charge in [-0.3, -0.25) is 9.59 Å². The van der Waals surface area contributed by atoms with E-state index in [1.54, 1.807) is 40.6 Å². The first kappa shape index (κ1) is 39.2. The second-order valence-electron chi connectivity index (χ2n) is 12.4. The van der Waals surface area contributed by atoms with Gasteiger partial charge in [-0.15, -0.1) is 0 Å². The number of benzene rings is 2. The lowest BCUT2D eigenvalue weighted by Gasteiger charge is -2.29. The summed E-state index contributed by atoms with van der Waals surface area (Å²) in [5, 5.41) is 5.92. The number of nitrogens with one attached hydrogen (secondary N) is 2. The summed E-state index contributed by atoms with van der Waals surface area (Å²) < 4.78 is 37.9. The van der Waals surface area contributed by atoms with E-state index in [0.717, 1.165) is 11.1 Å². The molecule has 2 atom stereocenters. The fourth-order valence-electron chi connectivity index (χ4n) is 5.40. The van der Waals surface area contributed by atoms with Gasteiger partial charge in [0.25, 0.3) is 5.91 Å². The number of hydrogen-bond donors (Lipinski definition) is 2. The summed E-state index contributed by atoms with van der Waals surface area (Å²) in [6.45, 7) is 9.63. The summed E-state index contributed by atoms with van der Waals surface area (Å²) in [4.78, 5) is 44.4. The van der Waals surface area contributed by atoms with Crippen LogP contribution >= 0.6 is 0 Å². The summed E-state index contributed by atoms with van der Waals surface area (Å²) >= 11 is 0. The van der Waals surface area contributed by atoms with Crippen molar-refractivity contribution in [3.8, 4) is 34.5 Å². The van der Waals surface area contributed by atoms with Crippen LogP contribution in [0.3, 0.4) is 0 Å². The van der Waals surface area contributed by atoms with Crippen molar-refractivity contribution in [1.29, 1.82) is 0 Å². The predicted octanol–water partition coefficient (Wildman–Crippen LogP) is 5.78. The molecule has 0 saturated carbocycles. The van der Waals surface area contributed by atoms with Crippen molar-refractivity contribution >= 4 is 18.0 Å². The Kier molecular flexibility index (Phi) is 14.5. The molecule has 0 unspecified atom stereocenters. The molecule has 13 nitrogen and oxygen atoms in total. The highest BCUT2D eigenvalue weighted by molar-refractivity contribution is 5.99. The molecule has 0 fully saturated rings. The van der Waals surface area contributed by atoms with Gasteiger partial charge in [0.15, 0.2) is 34.4 Å². The molecular weight excluding hydrogens is 646 g/mol. The molecule has 3 rings (SSSR count). The van der Waals surface area contributed by atoms with E-state index in [1.165, 1.54) is 19.4 Å². The van der Waals surface area contributed by atoms with E-state index in [-0.39, 0.29) is 35.6 Å². The van der Waals surface area contributed by atoms with Crippen LogP contribution in [-0.2, 0) is 9.53 Å². The molecule has 0 radical (unpaired) electrons. The summed E-state index contributed by atoms with van der Waals surface area (Å²) in [5.74, 6) is 0.566. The van der Waals surface area contributed by atoms with Crippen molar-refractivity contribution in [2.24, 2.45) is 11.8 Å². The largest absolute Gasteiger partial charge is 0.514 e. The van der Waals surface area contributed by atoms with Gasteiger partial charge in [-0.1, -0.05) is 39.8 Å². The van der Waals surface area contributed by atoms with Crippen molar-refractivity contribution in [1.82, 2.24) is 15.6 Å². The fraction of sp³-hybridized carbons (Fsp3) is 0.459. The van der Waals surface area contributed by atoms with Gasteiger partial charge in [0.2, 0.25) is 11.7 Å². The lowest BCUT2D eigenvalue weighted by atomic mass is 9.85. The molecule has 1 aromatic heterocycles. The zero-order chi connectivity index (χ0) is 37.0. The number of carbonyl (C=O) groups excluding carboxylic acids is 3. The first-order chi connectivity index (χ1) is 23.9. The Morgan fingerprint density at radius 2 is 1.22 bits per heavy atom. The smallest absolute Gasteiger partial charge is 0.493 e. The van der Waals surface area contributed by atoms with E-state index in [1.807, 2.05) is 58.9 Å². The molecule has 0 aliphatic heterocycles. The Bertz CT molecular complexity index is 1550. The van der Waals surface area contributed by atoms with Crippen LogP contribution in [0.1, 0.15) is 68.6 Å². The molecule has 2 amide bonds. The van der Waals surface area contributed by atoms with Crippen LogP contribution in [0, 0.1) is 11.8 Å². The van der Waals surface area contributed by atoms with Gasteiger partial charge in [0, 0.05) is 24.2 Å². The molecule has 2 N–H and O–H groups in total. The van der Waals surface area contributed by atoms with E-state index >= 15 is 0 Å². The minimum Gasteiger partial charge on any atom is -0.493 e. The number of rotatable bonds is 17. The Balaban J connectivity index is 1.97. The average molecular weight is 696 g/mol. The average Bonchev–Trinajstić information content (AvgIpc) is 3.10. The number of hydrogen-bond acceptors (Lipinski definition) is 11. The standard InChI is InChI=1S/C37H49N3O10/c1-21(2)17-26(40-36(42)33-34(29(46-8)15-16-38-33)50-37(43)49-20-22(3)4)35(41)39-23(5)32(24-11-13-27(44-6)30(18-24)47-9)25-12-14-28(45-7)31(19-25)48-10/h11-16,18-19,21-23,26,32H,17,20H2,1-10H3,(H,39,41)(H,40,42)/t23-,26-/m0/s1. The lowest BCUT2D eigenvalue weighted by molar-refractivity contribution is -0.124. The Morgan fingerprint density at radius 1 is 0.680 bits per heavy atom. The topological polar surface area (TPSA) is 153 Å². The zero-order valence-electron chi connectivity index (χ0n) is 30.4. The van der Waals surface area contributed by atoms with Gasteiger partial charge in [-0.2, -0.15) is 0 Å². The van der Waals surface area contributed by atoms with Gasteiger partial charge in [-0.25, -0.2) is 9.78 Å². The van der Waals surface area contributed by atoms with Gasteiger partial charge < -0.3 is 43.8 Å². The first-order valence-electron chi connectivity index (χ1n) is 16.3. The van der Waals surface area contributed by atoms with Crippen LogP contribution in [-0.4, -0.2) is 77.2 Å². The normalized spacial score (nSPS) is 12.2. The van der Waals surface area contributed by atoms with Crippen LogP contribution in [0.15, 0.2) is 48.7 Å². The Morgan fingerprint density at radius 3 is 1.70 bits per heavy atom. The van der Waals surface area contributed by atoms with Gasteiger partial charge >= 0.3 is 6.16 Å². The second kappa shape index (κ2) is 18.5. The molecule has 0 spiro atoms. The number of carbonyl (C=O) groups is 3. The summed E-state index contributed by atoms with van der Waals surface area (Å²) in [7, 11) is 7.60. The molecule has 0 aliphatic rings. The molecule has 0 saturated heterocycles. The van der Waals surface area contributed by atoms with Crippen LogP contribution in [0.4, 0.5) is 4.79 Å².